The Balaban J connectivity index is 1.55. The molecule has 0 saturated heterocycles. The first-order chi connectivity index (χ1) is 19.4. The van der Waals surface area contributed by atoms with Crippen LogP contribution >= 0.6 is 0 Å². The zero-order chi connectivity index (χ0) is 28.4. The maximum atomic E-state index is 13.7. The molecule has 4 rings (SSSR count). The van der Waals surface area contributed by atoms with E-state index >= 15 is 0 Å². The number of anilines is 1. The number of hydrogen-bond donors (Lipinski definition) is 2. The van der Waals surface area contributed by atoms with Crippen molar-refractivity contribution in [3.05, 3.63) is 102 Å². The number of benzene rings is 3. The van der Waals surface area contributed by atoms with Crippen molar-refractivity contribution in [1.29, 1.82) is 0 Å². The van der Waals surface area contributed by atoms with Gasteiger partial charge in [0.1, 0.15) is 11.6 Å². The number of halogens is 2. The van der Waals surface area contributed by atoms with Crippen molar-refractivity contribution in [2.24, 2.45) is 5.92 Å². The molecule has 2 N–H and O–H groups in total. The normalized spacial score (nSPS) is 14.8. The van der Waals surface area contributed by atoms with E-state index in [0.717, 1.165) is 48.8 Å². The van der Waals surface area contributed by atoms with Gasteiger partial charge in [0.2, 0.25) is 0 Å². The molecular weight excluding hydrogens is 498 g/mol. The van der Waals surface area contributed by atoms with Gasteiger partial charge in [0.05, 0.1) is 0 Å². The average molecular weight is 541 g/mol. The van der Waals surface area contributed by atoms with E-state index in [0.29, 0.717) is 17.9 Å². The maximum Gasteiger partial charge on any atom is 0.128 e. The van der Waals surface area contributed by atoms with Crippen molar-refractivity contribution in [3.8, 4) is 23.0 Å². The Kier molecular flexibility index (Phi) is 10.6. The van der Waals surface area contributed by atoms with Crippen LogP contribution in [-0.4, -0.2) is 6.54 Å². The number of nitrogens with one attached hydrogen (secondary N) is 2. The second kappa shape index (κ2) is 14.3. The fraction of sp³-hybridized carbons (Fsp3) is 0.389. The molecule has 1 fully saturated rings. The highest BCUT2D eigenvalue weighted by molar-refractivity contribution is 5.66. The quantitative estimate of drug-likeness (QED) is 0.211. The molecule has 1 unspecified atom stereocenters. The first-order valence-electron chi connectivity index (χ1n) is 14.7. The molecule has 4 heteroatoms. The van der Waals surface area contributed by atoms with Gasteiger partial charge < -0.3 is 10.6 Å². The Morgan fingerprint density at radius 2 is 1.68 bits per heavy atom. The van der Waals surface area contributed by atoms with Crippen LogP contribution in [0.1, 0.15) is 82.8 Å². The molecule has 0 heterocycles. The maximum absolute atomic E-state index is 13.7. The van der Waals surface area contributed by atoms with Crippen LogP contribution in [0.3, 0.4) is 0 Å². The molecule has 1 saturated carbocycles. The Labute approximate surface area is 239 Å². The third-order valence-corrected chi connectivity index (χ3v) is 8.09. The molecule has 40 heavy (non-hydrogen) atoms. The SMILES string of the molecule is C=C(CNC(CCC)(CCCC1CCCC1)c1ccc(-c2cccc(C#CC)c2)cc1)Nc1cc(F)cc(F)c1. The topological polar surface area (TPSA) is 24.1 Å². The van der Waals surface area contributed by atoms with Gasteiger partial charge in [-0.3, -0.25) is 0 Å². The summed E-state index contributed by atoms with van der Waals surface area (Å²) < 4.78 is 27.5. The lowest BCUT2D eigenvalue weighted by molar-refractivity contribution is 0.273. The molecule has 0 bridgehead atoms. The van der Waals surface area contributed by atoms with E-state index in [1.54, 1.807) is 0 Å². The van der Waals surface area contributed by atoms with Crippen LogP contribution in [0.5, 0.6) is 0 Å². The van der Waals surface area contributed by atoms with Crippen molar-refractivity contribution in [1.82, 2.24) is 5.32 Å². The Morgan fingerprint density at radius 1 is 0.950 bits per heavy atom. The van der Waals surface area contributed by atoms with E-state index in [1.807, 2.05) is 13.0 Å². The van der Waals surface area contributed by atoms with E-state index in [1.165, 1.54) is 55.4 Å². The van der Waals surface area contributed by atoms with Gasteiger partial charge in [-0.25, -0.2) is 8.78 Å². The van der Waals surface area contributed by atoms with Crippen molar-refractivity contribution >= 4 is 5.69 Å². The molecule has 1 atom stereocenters. The summed E-state index contributed by atoms with van der Waals surface area (Å²) in [6.07, 6.45) is 10.9. The first-order valence-corrected chi connectivity index (χ1v) is 14.7. The van der Waals surface area contributed by atoms with E-state index in [2.05, 4.69) is 78.4 Å². The highest BCUT2D eigenvalue weighted by atomic mass is 19.1. The van der Waals surface area contributed by atoms with Crippen LogP contribution in [0.4, 0.5) is 14.5 Å². The molecule has 3 aromatic rings. The summed E-state index contributed by atoms with van der Waals surface area (Å²) in [6, 6.07) is 20.7. The highest BCUT2D eigenvalue weighted by Gasteiger charge is 2.31. The summed E-state index contributed by atoms with van der Waals surface area (Å²) in [5.41, 5.74) is 5.42. The molecule has 1 aliphatic carbocycles. The Bertz CT molecular complexity index is 1310. The van der Waals surface area contributed by atoms with Crippen LogP contribution in [0.2, 0.25) is 0 Å². The van der Waals surface area contributed by atoms with Crippen LogP contribution < -0.4 is 10.6 Å². The zero-order valence-corrected chi connectivity index (χ0v) is 24.0. The van der Waals surface area contributed by atoms with Gasteiger partial charge in [-0.1, -0.05) is 101 Å². The number of rotatable bonds is 13. The Hall–Kier alpha value is -3.42. The third-order valence-electron chi connectivity index (χ3n) is 8.09. The highest BCUT2D eigenvalue weighted by Crippen LogP contribution is 2.36. The smallest absolute Gasteiger partial charge is 0.128 e. The summed E-state index contributed by atoms with van der Waals surface area (Å²) >= 11 is 0. The molecule has 1 aliphatic rings. The van der Waals surface area contributed by atoms with Gasteiger partial charge in [-0.2, -0.15) is 0 Å². The van der Waals surface area contributed by atoms with Gasteiger partial charge in [0, 0.05) is 35.1 Å². The van der Waals surface area contributed by atoms with Gasteiger partial charge in [0.25, 0.3) is 0 Å². The monoisotopic (exact) mass is 540 g/mol. The minimum absolute atomic E-state index is 0.223. The van der Waals surface area contributed by atoms with Crippen LogP contribution in [0, 0.1) is 29.4 Å². The summed E-state index contributed by atoms with van der Waals surface area (Å²) in [7, 11) is 0. The molecule has 0 aromatic heterocycles. The molecule has 0 aliphatic heterocycles. The molecule has 3 aromatic carbocycles. The van der Waals surface area contributed by atoms with Gasteiger partial charge in [-0.15, -0.1) is 5.92 Å². The number of hydrogen-bond acceptors (Lipinski definition) is 2. The molecule has 210 valence electrons. The molecule has 2 nitrogen and oxygen atoms in total. The third kappa shape index (κ3) is 8.05. The predicted octanol–water partition coefficient (Wildman–Crippen LogP) is 9.57. The summed E-state index contributed by atoms with van der Waals surface area (Å²) in [4.78, 5) is 0. The second-order valence-corrected chi connectivity index (χ2v) is 11.1. The van der Waals surface area contributed by atoms with Crippen molar-refractivity contribution in [2.45, 2.75) is 77.2 Å². The lowest BCUT2D eigenvalue weighted by atomic mass is 9.79. The fourth-order valence-electron chi connectivity index (χ4n) is 6.16. The van der Waals surface area contributed by atoms with Gasteiger partial charge >= 0.3 is 0 Å². The largest absolute Gasteiger partial charge is 0.358 e. The summed E-state index contributed by atoms with van der Waals surface area (Å²) in [5, 5.41) is 6.93. The lowest BCUT2D eigenvalue weighted by Gasteiger charge is -2.37. The lowest BCUT2D eigenvalue weighted by Crippen LogP contribution is -2.44. The molecule has 0 amide bonds. The first kappa shape index (κ1) is 29.6. The van der Waals surface area contributed by atoms with E-state index < -0.39 is 11.6 Å². The molecular formula is C36H42F2N2. The van der Waals surface area contributed by atoms with E-state index in [4.69, 9.17) is 0 Å². The van der Waals surface area contributed by atoms with Crippen LogP contribution in [0.15, 0.2) is 79.0 Å². The van der Waals surface area contributed by atoms with E-state index in [9.17, 15) is 8.78 Å². The second-order valence-electron chi connectivity index (χ2n) is 11.1. The van der Waals surface area contributed by atoms with Gasteiger partial charge in [0.15, 0.2) is 0 Å². The van der Waals surface area contributed by atoms with Gasteiger partial charge in [-0.05, 0) is 66.6 Å². The van der Waals surface area contributed by atoms with Crippen LogP contribution in [-0.2, 0) is 5.54 Å². The minimum atomic E-state index is -0.608. The van der Waals surface area contributed by atoms with Crippen molar-refractivity contribution in [2.75, 3.05) is 11.9 Å². The molecule has 0 spiro atoms. The van der Waals surface area contributed by atoms with E-state index in [-0.39, 0.29) is 5.54 Å². The van der Waals surface area contributed by atoms with Crippen molar-refractivity contribution < 1.29 is 8.78 Å². The van der Waals surface area contributed by atoms with Crippen molar-refractivity contribution in [3.63, 3.8) is 0 Å². The Morgan fingerprint density at radius 3 is 2.35 bits per heavy atom. The minimum Gasteiger partial charge on any atom is -0.358 e. The zero-order valence-electron chi connectivity index (χ0n) is 24.0. The fourth-order valence-corrected chi connectivity index (χ4v) is 6.16. The average Bonchev–Trinajstić information content (AvgIpc) is 3.45. The predicted molar refractivity (Wildman–Crippen MR) is 164 cm³/mol. The summed E-state index contributed by atoms with van der Waals surface area (Å²) in [6.45, 7) is 8.73. The molecule has 0 radical (unpaired) electrons. The summed E-state index contributed by atoms with van der Waals surface area (Å²) in [5.74, 6) is 5.76. The standard InChI is InChI=1S/C36H42F2N2/c1-4-10-29-13-8-15-31(22-29)30-16-18-32(19-17-30)36(20-5-2,21-9-14-28-11-6-7-12-28)39-26-27(3)40-35-24-33(37)23-34(38)25-35/h8,13,15-19,22-25,28,39-40H,3,5-7,9,11-12,14,20-21,26H2,1-2H3. The van der Waals surface area contributed by atoms with Crippen LogP contribution in [0.25, 0.3) is 11.1 Å².